The Morgan fingerprint density at radius 3 is 2.43 bits per heavy atom. The fourth-order valence-corrected chi connectivity index (χ4v) is 2.48. The van der Waals surface area contributed by atoms with Crippen molar-refractivity contribution in [3.8, 4) is 0 Å². The number of hydrogen-bond donors (Lipinski definition) is 0. The van der Waals surface area contributed by atoms with Gasteiger partial charge in [0.25, 0.3) is 0 Å². The van der Waals surface area contributed by atoms with Crippen molar-refractivity contribution in [2.75, 3.05) is 0 Å². The Morgan fingerprint density at radius 1 is 1.00 bits per heavy atom. The maximum absolute atomic E-state index is 12.7. The maximum atomic E-state index is 12.7. The molecule has 0 saturated carbocycles. The number of alkyl halides is 3. The van der Waals surface area contributed by atoms with Crippen LogP contribution in [0.4, 0.5) is 13.2 Å². The van der Waals surface area contributed by atoms with E-state index >= 15 is 0 Å². The zero-order chi connectivity index (χ0) is 15.6. The van der Waals surface area contributed by atoms with E-state index in [2.05, 4.69) is 11.1 Å². The van der Waals surface area contributed by atoms with Gasteiger partial charge in [-0.3, -0.25) is 4.98 Å². The quantitative estimate of drug-likeness (QED) is 0.482. The minimum Gasteiger partial charge on any atom is -0.257 e. The van der Waals surface area contributed by atoms with Gasteiger partial charge in [0.2, 0.25) is 0 Å². The molecule has 0 unspecified atom stereocenters. The molecule has 0 amide bonds. The van der Waals surface area contributed by atoms with Gasteiger partial charge in [-0.1, -0.05) is 24.3 Å². The van der Waals surface area contributed by atoms with E-state index in [0.717, 1.165) is 16.3 Å². The summed E-state index contributed by atoms with van der Waals surface area (Å²) in [4.78, 5) is 4.24. The smallest absolute Gasteiger partial charge is 0.257 e. The molecule has 0 N–H and O–H groups in total. The van der Waals surface area contributed by atoms with E-state index in [1.165, 1.54) is 6.07 Å². The van der Waals surface area contributed by atoms with Crippen LogP contribution >= 0.6 is 0 Å². The van der Waals surface area contributed by atoms with Crippen molar-refractivity contribution in [2.45, 2.75) is 19.0 Å². The minimum absolute atomic E-state index is 0. The summed E-state index contributed by atoms with van der Waals surface area (Å²) >= 11 is 0. The molecule has 0 spiro atoms. The molecule has 23 heavy (non-hydrogen) atoms. The van der Waals surface area contributed by atoms with Gasteiger partial charge in [-0.25, -0.2) is 0 Å². The third kappa shape index (κ3) is 4.63. The Labute approximate surface area is 145 Å². The molecule has 0 aliphatic carbocycles. The van der Waals surface area contributed by atoms with Crippen molar-refractivity contribution >= 4 is 10.8 Å². The zero-order valence-corrected chi connectivity index (χ0v) is 14.4. The SMILES string of the molecule is FC(F)(F)Cc1cc2ccccc2c(Cc2[c-]cccc2)n1.[Ir]. The summed E-state index contributed by atoms with van der Waals surface area (Å²) in [6.07, 6.45) is -4.80. The third-order valence-corrected chi connectivity index (χ3v) is 3.39. The molecule has 1 aromatic heterocycles. The zero-order valence-electron chi connectivity index (χ0n) is 12.0. The summed E-state index contributed by atoms with van der Waals surface area (Å²) < 4.78 is 38.0. The van der Waals surface area contributed by atoms with Crippen LogP contribution in [-0.4, -0.2) is 11.2 Å². The van der Waals surface area contributed by atoms with Crippen LogP contribution < -0.4 is 0 Å². The average Bonchev–Trinajstić information content (AvgIpc) is 2.46. The first-order valence-electron chi connectivity index (χ1n) is 6.91. The first-order chi connectivity index (χ1) is 10.5. The molecule has 1 nitrogen and oxygen atoms in total. The van der Waals surface area contributed by atoms with Gasteiger partial charge in [0.15, 0.2) is 0 Å². The van der Waals surface area contributed by atoms with Crippen LogP contribution in [-0.2, 0) is 32.9 Å². The van der Waals surface area contributed by atoms with Crippen molar-refractivity contribution in [3.63, 3.8) is 0 Å². The average molecular weight is 493 g/mol. The minimum atomic E-state index is -4.26. The Hall–Kier alpha value is -1.71. The number of aromatic nitrogens is 1. The van der Waals surface area contributed by atoms with Gasteiger partial charge in [-0.2, -0.15) is 49.1 Å². The van der Waals surface area contributed by atoms with Gasteiger partial charge in [0, 0.05) is 25.5 Å². The van der Waals surface area contributed by atoms with Gasteiger partial charge >= 0.3 is 6.18 Å². The van der Waals surface area contributed by atoms with Crippen LogP contribution in [0.2, 0.25) is 0 Å². The van der Waals surface area contributed by atoms with Crippen molar-refractivity contribution in [2.24, 2.45) is 0 Å². The van der Waals surface area contributed by atoms with E-state index in [4.69, 9.17) is 0 Å². The second kappa shape index (κ2) is 7.24. The molecule has 1 heterocycles. The standard InChI is InChI=1S/C18H13F3N.Ir/c19-18(20,21)12-15-11-14-8-4-5-9-16(14)17(22-15)10-13-6-2-1-3-7-13;/h1-6,8-9,11H,10,12H2;/q-1;. The number of rotatable bonds is 3. The van der Waals surface area contributed by atoms with Crippen molar-refractivity contribution in [3.05, 3.63) is 77.6 Å². The predicted molar refractivity (Wildman–Crippen MR) is 79.6 cm³/mol. The summed E-state index contributed by atoms with van der Waals surface area (Å²) in [7, 11) is 0. The van der Waals surface area contributed by atoms with E-state index in [0.29, 0.717) is 12.1 Å². The summed E-state index contributed by atoms with van der Waals surface area (Å²) in [6.45, 7) is 0. The molecule has 3 aromatic rings. The molecule has 5 heteroatoms. The largest absolute Gasteiger partial charge is 0.394 e. The molecule has 3 rings (SSSR count). The van der Waals surface area contributed by atoms with E-state index in [9.17, 15) is 13.2 Å². The Balaban J connectivity index is 0.00000192. The molecule has 0 fully saturated rings. The number of halogens is 3. The molecule has 0 saturated heterocycles. The van der Waals surface area contributed by atoms with Crippen molar-refractivity contribution in [1.82, 2.24) is 4.98 Å². The fourth-order valence-electron chi connectivity index (χ4n) is 2.48. The van der Waals surface area contributed by atoms with Gasteiger partial charge in [0.05, 0.1) is 17.8 Å². The Kier molecular flexibility index (Phi) is 5.55. The summed E-state index contributed by atoms with van der Waals surface area (Å²) in [5.41, 5.74) is 1.61. The second-order valence-corrected chi connectivity index (χ2v) is 5.14. The maximum Gasteiger partial charge on any atom is 0.394 e. The van der Waals surface area contributed by atoms with Gasteiger partial charge in [0.1, 0.15) is 0 Å². The molecule has 121 valence electrons. The Morgan fingerprint density at radius 2 is 1.74 bits per heavy atom. The van der Waals surface area contributed by atoms with Crippen LogP contribution in [0, 0.1) is 6.07 Å². The van der Waals surface area contributed by atoms with Gasteiger partial charge in [-0.05, 0) is 17.9 Å². The number of fused-ring (bicyclic) bond motifs is 1. The van der Waals surface area contributed by atoms with E-state index < -0.39 is 12.6 Å². The molecular weight excluding hydrogens is 479 g/mol. The monoisotopic (exact) mass is 493 g/mol. The number of benzene rings is 2. The van der Waals surface area contributed by atoms with Gasteiger partial charge in [-0.15, -0.1) is 0 Å². The van der Waals surface area contributed by atoms with Crippen LogP contribution in [0.5, 0.6) is 0 Å². The number of pyridine rings is 1. The fraction of sp³-hybridized carbons (Fsp3) is 0.167. The Bertz CT molecular complexity index is 785. The third-order valence-electron chi connectivity index (χ3n) is 3.39. The normalized spacial score (nSPS) is 11.3. The predicted octanol–water partition coefficient (Wildman–Crippen LogP) is 4.73. The van der Waals surface area contributed by atoms with E-state index in [1.54, 1.807) is 6.07 Å². The topological polar surface area (TPSA) is 12.9 Å². The van der Waals surface area contributed by atoms with E-state index in [-0.39, 0.29) is 25.8 Å². The van der Waals surface area contributed by atoms with Crippen LogP contribution in [0.3, 0.4) is 0 Å². The number of hydrogen-bond acceptors (Lipinski definition) is 1. The molecule has 0 atom stereocenters. The molecule has 0 aliphatic heterocycles. The van der Waals surface area contributed by atoms with Crippen molar-refractivity contribution in [1.29, 1.82) is 0 Å². The molecule has 2 aromatic carbocycles. The van der Waals surface area contributed by atoms with Gasteiger partial charge < -0.3 is 0 Å². The first-order valence-corrected chi connectivity index (χ1v) is 6.91. The molecule has 0 bridgehead atoms. The van der Waals surface area contributed by atoms with Crippen LogP contribution in [0.25, 0.3) is 10.8 Å². The van der Waals surface area contributed by atoms with Crippen molar-refractivity contribution < 1.29 is 33.3 Å². The molecule has 0 aliphatic rings. The molecular formula is C18H13F3IrN-. The first kappa shape index (κ1) is 17.6. The van der Waals surface area contributed by atoms with E-state index in [1.807, 2.05) is 42.5 Å². The molecule has 1 radical (unpaired) electrons. The second-order valence-electron chi connectivity index (χ2n) is 5.14. The van der Waals surface area contributed by atoms with Crippen LogP contribution in [0.15, 0.2) is 54.6 Å². The summed E-state index contributed by atoms with van der Waals surface area (Å²) in [5, 5.41) is 1.66. The van der Waals surface area contributed by atoms with Crippen LogP contribution in [0.1, 0.15) is 17.0 Å². The summed E-state index contributed by atoms with van der Waals surface area (Å²) in [5.74, 6) is 0. The number of nitrogens with zero attached hydrogens (tertiary/aromatic N) is 1. The summed E-state index contributed by atoms with van der Waals surface area (Å²) in [6, 6.07) is 19.4.